The van der Waals surface area contributed by atoms with E-state index in [0.717, 1.165) is 11.1 Å². The molecule has 0 aliphatic carbocycles. The number of carbonyl (C=O) groups excluding carboxylic acids is 1. The smallest absolute Gasteiger partial charge is 0.132 e. The van der Waals surface area contributed by atoms with Gasteiger partial charge in [-0.15, -0.1) is 0 Å². The third-order valence-corrected chi connectivity index (χ3v) is 2.94. The molecule has 0 aromatic heterocycles. The van der Waals surface area contributed by atoms with E-state index < -0.39 is 0 Å². The lowest BCUT2D eigenvalue weighted by molar-refractivity contribution is -0.120. The Morgan fingerprint density at radius 2 is 1.58 bits per heavy atom. The molecular weight excluding hydrogens is 236 g/mol. The molecule has 0 aliphatic heterocycles. The second kappa shape index (κ2) is 6.86. The van der Waals surface area contributed by atoms with E-state index in [1.165, 1.54) is 0 Å². The summed E-state index contributed by atoms with van der Waals surface area (Å²) in [6.45, 7) is 2.12. The van der Waals surface area contributed by atoms with Crippen LogP contribution in [-0.2, 0) is 16.1 Å². The number of ketones is 1. The van der Waals surface area contributed by atoms with Gasteiger partial charge >= 0.3 is 0 Å². The average Bonchev–Trinajstić information content (AvgIpc) is 2.45. The first-order valence-corrected chi connectivity index (χ1v) is 6.45. The van der Waals surface area contributed by atoms with Crippen molar-refractivity contribution in [3.63, 3.8) is 0 Å². The molecular formula is C17H18O2. The van der Waals surface area contributed by atoms with Gasteiger partial charge in [-0.05, 0) is 18.1 Å². The molecule has 0 N–H and O–H groups in total. The van der Waals surface area contributed by atoms with Gasteiger partial charge in [-0.25, -0.2) is 0 Å². The number of benzene rings is 2. The van der Waals surface area contributed by atoms with Crippen LogP contribution in [0.1, 0.15) is 30.6 Å². The zero-order valence-electron chi connectivity index (χ0n) is 11.1. The van der Waals surface area contributed by atoms with Gasteiger partial charge in [0.15, 0.2) is 0 Å². The summed E-state index contributed by atoms with van der Waals surface area (Å²) < 4.78 is 5.90. The molecule has 0 spiro atoms. The summed E-state index contributed by atoms with van der Waals surface area (Å²) in [6.07, 6.45) is 0.246. The van der Waals surface area contributed by atoms with Crippen molar-refractivity contribution in [1.82, 2.24) is 0 Å². The van der Waals surface area contributed by atoms with Crippen molar-refractivity contribution in [3.8, 4) is 0 Å². The van der Waals surface area contributed by atoms with E-state index in [2.05, 4.69) is 0 Å². The monoisotopic (exact) mass is 254 g/mol. The summed E-state index contributed by atoms with van der Waals surface area (Å²) in [6, 6.07) is 19.9. The molecule has 98 valence electrons. The summed E-state index contributed by atoms with van der Waals surface area (Å²) in [4.78, 5) is 11.4. The van der Waals surface area contributed by atoms with Crippen molar-refractivity contribution in [2.45, 2.75) is 26.1 Å². The maximum absolute atomic E-state index is 11.4. The van der Waals surface area contributed by atoms with Gasteiger partial charge in [0.2, 0.25) is 0 Å². The van der Waals surface area contributed by atoms with Gasteiger partial charge in [-0.1, -0.05) is 60.7 Å². The molecule has 1 unspecified atom stereocenters. The molecule has 0 saturated carbocycles. The Hall–Kier alpha value is -1.93. The second-order valence-electron chi connectivity index (χ2n) is 4.60. The second-order valence-corrected chi connectivity index (χ2v) is 4.60. The molecule has 19 heavy (non-hydrogen) atoms. The topological polar surface area (TPSA) is 26.3 Å². The van der Waals surface area contributed by atoms with Gasteiger partial charge in [0, 0.05) is 6.42 Å². The van der Waals surface area contributed by atoms with E-state index in [9.17, 15) is 4.79 Å². The third-order valence-electron chi connectivity index (χ3n) is 2.94. The van der Waals surface area contributed by atoms with Crippen LogP contribution in [0.2, 0.25) is 0 Å². The van der Waals surface area contributed by atoms with Crippen LogP contribution in [0.3, 0.4) is 0 Å². The van der Waals surface area contributed by atoms with Crippen molar-refractivity contribution in [2.24, 2.45) is 0 Å². The highest BCUT2D eigenvalue weighted by molar-refractivity contribution is 5.76. The summed E-state index contributed by atoms with van der Waals surface area (Å²) in [7, 11) is 0. The van der Waals surface area contributed by atoms with E-state index in [4.69, 9.17) is 4.74 Å². The number of hydrogen-bond donors (Lipinski definition) is 0. The Balaban J connectivity index is 2.04. The fourth-order valence-electron chi connectivity index (χ4n) is 1.97. The minimum Gasteiger partial charge on any atom is -0.368 e. The SMILES string of the molecule is CC(=O)CC(OCc1ccccc1)c1ccccc1. The first-order valence-electron chi connectivity index (χ1n) is 6.45. The zero-order valence-corrected chi connectivity index (χ0v) is 11.1. The molecule has 0 bridgehead atoms. The summed E-state index contributed by atoms with van der Waals surface area (Å²) in [5, 5.41) is 0. The van der Waals surface area contributed by atoms with Gasteiger partial charge in [0.05, 0.1) is 12.7 Å². The number of carbonyl (C=O) groups is 1. The minimum atomic E-state index is -0.168. The van der Waals surface area contributed by atoms with Crippen LogP contribution in [0.25, 0.3) is 0 Å². The summed E-state index contributed by atoms with van der Waals surface area (Å²) in [5.41, 5.74) is 2.17. The highest BCUT2D eigenvalue weighted by Gasteiger charge is 2.14. The molecule has 0 fully saturated rings. The lowest BCUT2D eigenvalue weighted by atomic mass is 10.0. The van der Waals surface area contributed by atoms with Gasteiger partial charge in [0.25, 0.3) is 0 Å². The largest absolute Gasteiger partial charge is 0.368 e. The fraction of sp³-hybridized carbons (Fsp3) is 0.235. The van der Waals surface area contributed by atoms with Crippen LogP contribution in [0, 0.1) is 0 Å². The molecule has 1 atom stereocenters. The lowest BCUT2D eigenvalue weighted by Gasteiger charge is -2.17. The summed E-state index contributed by atoms with van der Waals surface area (Å²) >= 11 is 0. The van der Waals surface area contributed by atoms with E-state index in [-0.39, 0.29) is 11.9 Å². The van der Waals surface area contributed by atoms with E-state index in [0.29, 0.717) is 13.0 Å². The lowest BCUT2D eigenvalue weighted by Crippen LogP contribution is -2.08. The van der Waals surface area contributed by atoms with E-state index >= 15 is 0 Å². The number of Topliss-reactive ketones (excluding diaryl/α,β-unsaturated/α-hetero) is 1. The molecule has 0 amide bonds. The molecule has 2 nitrogen and oxygen atoms in total. The predicted molar refractivity (Wildman–Crippen MR) is 75.7 cm³/mol. The van der Waals surface area contributed by atoms with Crippen molar-refractivity contribution in [1.29, 1.82) is 0 Å². The van der Waals surface area contributed by atoms with E-state index in [1.54, 1.807) is 6.92 Å². The Morgan fingerprint density at radius 1 is 1.00 bits per heavy atom. The van der Waals surface area contributed by atoms with Gasteiger partial charge in [0.1, 0.15) is 5.78 Å². The van der Waals surface area contributed by atoms with Gasteiger partial charge in [-0.3, -0.25) is 4.79 Å². The molecule has 2 rings (SSSR count). The Bertz CT molecular complexity index is 505. The predicted octanol–water partition coefficient (Wildman–Crippen LogP) is 3.92. The van der Waals surface area contributed by atoms with Gasteiger partial charge < -0.3 is 4.74 Å². The maximum atomic E-state index is 11.4. The first-order chi connectivity index (χ1) is 9.25. The molecule has 0 heterocycles. The molecule has 2 aromatic rings. The fourth-order valence-corrected chi connectivity index (χ4v) is 1.97. The first kappa shape index (κ1) is 13.5. The molecule has 0 saturated heterocycles. The zero-order chi connectivity index (χ0) is 13.5. The summed E-state index contributed by atoms with van der Waals surface area (Å²) in [5.74, 6) is 0.141. The molecule has 2 heteroatoms. The standard InChI is InChI=1S/C17H18O2/c1-14(18)12-17(16-10-6-3-7-11-16)19-13-15-8-4-2-5-9-15/h2-11,17H,12-13H2,1H3. The van der Waals surface area contributed by atoms with Crippen molar-refractivity contribution < 1.29 is 9.53 Å². The quantitative estimate of drug-likeness (QED) is 0.781. The van der Waals surface area contributed by atoms with Crippen LogP contribution >= 0.6 is 0 Å². The van der Waals surface area contributed by atoms with Crippen molar-refractivity contribution >= 4 is 5.78 Å². The molecule has 0 aliphatic rings. The van der Waals surface area contributed by atoms with E-state index in [1.807, 2.05) is 60.7 Å². The minimum absolute atomic E-state index is 0.141. The van der Waals surface area contributed by atoms with Crippen LogP contribution < -0.4 is 0 Å². The number of hydrogen-bond acceptors (Lipinski definition) is 2. The third kappa shape index (κ3) is 4.34. The number of ether oxygens (including phenoxy) is 1. The van der Waals surface area contributed by atoms with Crippen LogP contribution in [0.5, 0.6) is 0 Å². The number of rotatable bonds is 6. The maximum Gasteiger partial charge on any atom is 0.132 e. The Labute approximate surface area is 114 Å². The van der Waals surface area contributed by atoms with Crippen molar-refractivity contribution in [2.75, 3.05) is 0 Å². The molecule has 0 radical (unpaired) electrons. The van der Waals surface area contributed by atoms with Crippen LogP contribution in [-0.4, -0.2) is 5.78 Å². The van der Waals surface area contributed by atoms with Gasteiger partial charge in [-0.2, -0.15) is 0 Å². The van der Waals surface area contributed by atoms with Crippen molar-refractivity contribution in [3.05, 3.63) is 71.8 Å². The highest BCUT2D eigenvalue weighted by atomic mass is 16.5. The average molecular weight is 254 g/mol. The van der Waals surface area contributed by atoms with Crippen LogP contribution in [0.15, 0.2) is 60.7 Å². The Kier molecular flexibility index (Phi) is 4.87. The highest BCUT2D eigenvalue weighted by Crippen LogP contribution is 2.22. The Morgan fingerprint density at radius 3 is 2.16 bits per heavy atom. The normalized spacial score (nSPS) is 12.1. The molecule has 2 aromatic carbocycles. The van der Waals surface area contributed by atoms with Crippen LogP contribution in [0.4, 0.5) is 0 Å².